The van der Waals surface area contributed by atoms with Crippen LogP contribution in [0.3, 0.4) is 0 Å². The van der Waals surface area contributed by atoms with Gasteiger partial charge in [0.2, 0.25) is 0 Å². The highest BCUT2D eigenvalue weighted by Crippen LogP contribution is 2.24. The highest BCUT2D eigenvalue weighted by atomic mass is 32.2. The summed E-state index contributed by atoms with van der Waals surface area (Å²) in [5, 5.41) is 3.88. The van der Waals surface area contributed by atoms with Gasteiger partial charge in [0.25, 0.3) is 15.9 Å². The zero-order valence-electron chi connectivity index (χ0n) is 16.9. The molecule has 1 N–H and O–H groups in total. The van der Waals surface area contributed by atoms with Crippen LogP contribution in [-0.4, -0.2) is 38.7 Å². The molecule has 31 heavy (non-hydrogen) atoms. The number of hydrogen-bond donors (Lipinski definition) is 1. The van der Waals surface area contributed by atoms with E-state index in [-0.39, 0.29) is 4.90 Å². The maximum absolute atomic E-state index is 13.3. The Labute approximate surface area is 181 Å². The number of para-hydroxylation sites is 1. The molecule has 0 radical (unpaired) electrons. The molecule has 3 aromatic rings. The Kier molecular flexibility index (Phi) is 7.34. The van der Waals surface area contributed by atoms with Gasteiger partial charge in [-0.3, -0.25) is 14.1 Å². The number of anilines is 1. The first-order valence-electron chi connectivity index (χ1n) is 9.53. The van der Waals surface area contributed by atoms with Crippen LogP contribution in [0.15, 0.2) is 89.1 Å². The average Bonchev–Trinajstić information content (AvgIpc) is 2.79. The number of carbonyl (C=O) groups is 1. The number of nitrogens with zero attached hydrogens (tertiary/aromatic N) is 3. The number of amides is 1. The van der Waals surface area contributed by atoms with Gasteiger partial charge in [0, 0.05) is 12.4 Å². The second-order valence-corrected chi connectivity index (χ2v) is 8.19. The number of rotatable bonds is 9. The third-order valence-corrected chi connectivity index (χ3v) is 5.95. The third kappa shape index (κ3) is 5.89. The fraction of sp³-hybridized carbons (Fsp3) is 0.136. The van der Waals surface area contributed by atoms with Crippen LogP contribution in [0, 0.1) is 0 Å². The Morgan fingerprint density at radius 1 is 1.06 bits per heavy atom. The van der Waals surface area contributed by atoms with E-state index >= 15 is 0 Å². The lowest BCUT2D eigenvalue weighted by Crippen LogP contribution is -2.39. The first-order chi connectivity index (χ1) is 15.0. The van der Waals surface area contributed by atoms with E-state index in [1.807, 2.05) is 6.92 Å². The fourth-order valence-electron chi connectivity index (χ4n) is 2.71. The van der Waals surface area contributed by atoms with Gasteiger partial charge in [-0.05, 0) is 61.0 Å². The van der Waals surface area contributed by atoms with Gasteiger partial charge in [0.05, 0.1) is 23.4 Å². The molecule has 0 aliphatic carbocycles. The Morgan fingerprint density at radius 2 is 1.74 bits per heavy atom. The second kappa shape index (κ2) is 10.4. The van der Waals surface area contributed by atoms with E-state index < -0.39 is 22.5 Å². The highest BCUT2D eigenvalue weighted by molar-refractivity contribution is 7.92. The summed E-state index contributed by atoms with van der Waals surface area (Å²) >= 11 is 0. The number of carbonyl (C=O) groups excluding carboxylic acids is 1. The van der Waals surface area contributed by atoms with Crippen molar-refractivity contribution in [2.45, 2.75) is 11.8 Å². The topological polar surface area (TPSA) is 101 Å². The van der Waals surface area contributed by atoms with Crippen LogP contribution in [0.4, 0.5) is 5.69 Å². The molecule has 1 aromatic heterocycles. The normalized spacial score (nSPS) is 11.3. The van der Waals surface area contributed by atoms with E-state index in [4.69, 9.17) is 4.74 Å². The lowest BCUT2D eigenvalue weighted by molar-refractivity contribution is -0.119. The Morgan fingerprint density at radius 3 is 2.39 bits per heavy atom. The number of aromatic nitrogens is 1. The van der Waals surface area contributed by atoms with Gasteiger partial charge >= 0.3 is 0 Å². The van der Waals surface area contributed by atoms with E-state index in [1.165, 1.54) is 18.3 Å². The molecule has 0 atom stereocenters. The van der Waals surface area contributed by atoms with Gasteiger partial charge in [-0.1, -0.05) is 18.2 Å². The molecule has 2 aromatic carbocycles. The SMILES string of the molecule is CCOc1ccc(S(=O)(=O)N(CC(=O)N/N=C\c2ccncc2)c2ccccc2)cc1. The van der Waals surface area contributed by atoms with Crippen molar-refractivity contribution < 1.29 is 17.9 Å². The van der Waals surface area contributed by atoms with E-state index in [0.29, 0.717) is 18.0 Å². The lowest BCUT2D eigenvalue weighted by atomic mass is 10.3. The average molecular weight is 439 g/mol. The van der Waals surface area contributed by atoms with E-state index in [0.717, 1.165) is 9.87 Å². The van der Waals surface area contributed by atoms with Crippen LogP contribution in [0.5, 0.6) is 5.75 Å². The quantitative estimate of drug-likeness (QED) is 0.409. The highest BCUT2D eigenvalue weighted by Gasteiger charge is 2.27. The molecule has 0 bridgehead atoms. The molecule has 8 nitrogen and oxygen atoms in total. The summed E-state index contributed by atoms with van der Waals surface area (Å²) in [5.41, 5.74) is 3.48. The molecule has 1 amide bonds. The molecule has 1 heterocycles. The smallest absolute Gasteiger partial charge is 0.264 e. The monoisotopic (exact) mass is 438 g/mol. The van der Waals surface area contributed by atoms with Crippen LogP contribution in [-0.2, 0) is 14.8 Å². The van der Waals surface area contributed by atoms with Gasteiger partial charge in [0.1, 0.15) is 12.3 Å². The lowest BCUT2D eigenvalue weighted by Gasteiger charge is -2.23. The predicted octanol–water partition coefficient (Wildman–Crippen LogP) is 2.83. The minimum atomic E-state index is -4.00. The summed E-state index contributed by atoms with van der Waals surface area (Å²) in [4.78, 5) is 16.4. The van der Waals surface area contributed by atoms with Gasteiger partial charge in [-0.2, -0.15) is 5.10 Å². The molecule has 0 saturated carbocycles. The number of sulfonamides is 1. The molecule has 0 fully saturated rings. The molecule has 0 aliphatic heterocycles. The molecule has 160 valence electrons. The van der Waals surface area contributed by atoms with Crippen LogP contribution >= 0.6 is 0 Å². The van der Waals surface area contributed by atoms with Crippen LogP contribution < -0.4 is 14.5 Å². The van der Waals surface area contributed by atoms with Crippen LogP contribution in [0.2, 0.25) is 0 Å². The number of benzene rings is 2. The van der Waals surface area contributed by atoms with E-state index in [1.54, 1.807) is 67.0 Å². The fourth-order valence-corrected chi connectivity index (χ4v) is 4.13. The largest absolute Gasteiger partial charge is 0.494 e. The molecule has 9 heteroatoms. The van der Waals surface area contributed by atoms with Crippen LogP contribution in [0.25, 0.3) is 0 Å². The summed E-state index contributed by atoms with van der Waals surface area (Å²) in [6.07, 6.45) is 4.65. The number of pyridine rings is 1. The molecule has 0 aliphatic rings. The van der Waals surface area contributed by atoms with Crippen molar-refractivity contribution in [1.29, 1.82) is 0 Å². The summed E-state index contributed by atoms with van der Waals surface area (Å²) in [5.74, 6) is -0.0143. The van der Waals surface area contributed by atoms with E-state index in [2.05, 4.69) is 15.5 Å². The first-order valence-corrected chi connectivity index (χ1v) is 11.0. The Hall–Kier alpha value is -3.72. The predicted molar refractivity (Wildman–Crippen MR) is 119 cm³/mol. The van der Waals surface area contributed by atoms with Crippen molar-refractivity contribution in [3.8, 4) is 5.75 Å². The molecular formula is C22H22N4O4S. The third-order valence-electron chi connectivity index (χ3n) is 4.16. The number of hydrogen-bond acceptors (Lipinski definition) is 6. The molecule has 0 spiro atoms. The molecule has 0 saturated heterocycles. The van der Waals surface area contributed by atoms with Crippen molar-refractivity contribution >= 4 is 27.8 Å². The van der Waals surface area contributed by atoms with Gasteiger partial charge in [0.15, 0.2) is 0 Å². The van der Waals surface area contributed by atoms with Crippen molar-refractivity contribution in [3.05, 3.63) is 84.7 Å². The first kappa shape index (κ1) is 22.0. The maximum Gasteiger partial charge on any atom is 0.264 e. The minimum absolute atomic E-state index is 0.0490. The summed E-state index contributed by atoms with van der Waals surface area (Å²) in [6, 6.07) is 17.9. The molecule has 3 rings (SSSR count). The summed E-state index contributed by atoms with van der Waals surface area (Å²) in [6.45, 7) is 1.88. The molecular weight excluding hydrogens is 416 g/mol. The Bertz CT molecular complexity index is 1120. The number of ether oxygens (including phenoxy) is 1. The zero-order valence-corrected chi connectivity index (χ0v) is 17.7. The minimum Gasteiger partial charge on any atom is -0.494 e. The van der Waals surface area contributed by atoms with Gasteiger partial charge < -0.3 is 4.74 Å². The summed E-state index contributed by atoms with van der Waals surface area (Å²) in [7, 11) is -4.00. The molecule has 0 unspecified atom stereocenters. The second-order valence-electron chi connectivity index (χ2n) is 6.33. The number of nitrogens with one attached hydrogen (secondary N) is 1. The van der Waals surface area contributed by atoms with Crippen molar-refractivity contribution in [3.63, 3.8) is 0 Å². The number of hydrazone groups is 1. The van der Waals surface area contributed by atoms with Gasteiger partial charge in [-0.25, -0.2) is 13.8 Å². The zero-order chi connectivity index (χ0) is 22.1. The Balaban J connectivity index is 1.81. The standard InChI is InChI=1S/C22H22N4O4S/c1-2-30-20-8-10-21(11-9-20)31(28,29)26(19-6-4-3-5-7-19)17-22(27)25-24-16-18-12-14-23-15-13-18/h3-16H,2,17H2,1H3,(H,25,27)/b24-16-. The maximum atomic E-state index is 13.3. The van der Waals surface area contributed by atoms with Crippen molar-refractivity contribution in [2.75, 3.05) is 17.5 Å². The van der Waals surface area contributed by atoms with E-state index in [9.17, 15) is 13.2 Å². The van der Waals surface area contributed by atoms with Crippen molar-refractivity contribution in [1.82, 2.24) is 10.4 Å². The van der Waals surface area contributed by atoms with Gasteiger partial charge in [-0.15, -0.1) is 0 Å². The summed E-state index contributed by atoms with van der Waals surface area (Å²) < 4.78 is 33.0. The van der Waals surface area contributed by atoms with Crippen molar-refractivity contribution in [2.24, 2.45) is 5.10 Å². The van der Waals surface area contributed by atoms with Crippen LogP contribution in [0.1, 0.15) is 12.5 Å².